The van der Waals surface area contributed by atoms with Gasteiger partial charge in [0.15, 0.2) is 5.16 Å². The summed E-state index contributed by atoms with van der Waals surface area (Å²) >= 11 is 1.09. The Balaban J connectivity index is 2.32. The van der Waals surface area contributed by atoms with Gasteiger partial charge in [0.05, 0.1) is 12.3 Å². The Hall–Kier alpha value is -1.89. The first-order chi connectivity index (χ1) is 9.99. The van der Waals surface area contributed by atoms with Crippen molar-refractivity contribution in [3.8, 4) is 0 Å². The van der Waals surface area contributed by atoms with Crippen molar-refractivity contribution in [2.45, 2.75) is 31.5 Å². The molecule has 0 atom stereocenters. The third kappa shape index (κ3) is 3.81. The number of carbonyl (C=O) groups is 1. The lowest BCUT2D eigenvalue weighted by Gasteiger charge is -2.12. The molecule has 0 aliphatic carbocycles. The molecule has 0 fully saturated rings. The van der Waals surface area contributed by atoms with Crippen molar-refractivity contribution in [1.82, 2.24) is 14.8 Å². The van der Waals surface area contributed by atoms with E-state index < -0.39 is 5.97 Å². The van der Waals surface area contributed by atoms with Gasteiger partial charge >= 0.3 is 5.97 Å². The first kappa shape index (κ1) is 15.5. The summed E-state index contributed by atoms with van der Waals surface area (Å²) in [7, 11) is 0. The van der Waals surface area contributed by atoms with E-state index in [2.05, 4.69) is 10.2 Å². The van der Waals surface area contributed by atoms with Crippen molar-refractivity contribution in [1.29, 1.82) is 0 Å². The maximum absolute atomic E-state index is 13.8. The highest BCUT2D eigenvalue weighted by Gasteiger charge is 2.17. The molecule has 1 N–H and O–H groups in total. The normalized spacial score (nSPS) is 11.0. The van der Waals surface area contributed by atoms with Gasteiger partial charge < -0.3 is 9.67 Å². The molecular formula is C14H16FN3O2S. The van der Waals surface area contributed by atoms with Gasteiger partial charge in [0.25, 0.3) is 0 Å². The zero-order valence-electron chi connectivity index (χ0n) is 11.8. The number of benzene rings is 1. The second kappa shape index (κ2) is 6.71. The van der Waals surface area contributed by atoms with Crippen molar-refractivity contribution in [3.05, 3.63) is 41.5 Å². The van der Waals surface area contributed by atoms with Gasteiger partial charge in [-0.3, -0.25) is 4.79 Å². The second-order valence-electron chi connectivity index (χ2n) is 4.86. The van der Waals surface area contributed by atoms with Gasteiger partial charge in [-0.1, -0.05) is 43.8 Å². The van der Waals surface area contributed by atoms with Crippen LogP contribution in [-0.2, 0) is 11.3 Å². The maximum atomic E-state index is 13.8. The fourth-order valence-corrected chi connectivity index (χ4v) is 2.57. The first-order valence-corrected chi connectivity index (χ1v) is 7.48. The van der Waals surface area contributed by atoms with Crippen molar-refractivity contribution in [2.75, 3.05) is 5.75 Å². The van der Waals surface area contributed by atoms with E-state index in [1.807, 2.05) is 13.8 Å². The molecule has 1 aromatic carbocycles. The van der Waals surface area contributed by atoms with Gasteiger partial charge in [-0.2, -0.15) is 0 Å². The van der Waals surface area contributed by atoms with Crippen LogP contribution in [-0.4, -0.2) is 31.6 Å². The van der Waals surface area contributed by atoms with E-state index in [9.17, 15) is 9.18 Å². The second-order valence-corrected chi connectivity index (χ2v) is 5.80. The Morgan fingerprint density at radius 1 is 1.38 bits per heavy atom. The number of nitrogens with zero attached hydrogens (tertiary/aromatic N) is 3. The third-order valence-electron chi connectivity index (χ3n) is 2.87. The summed E-state index contributed by atoms with van der Waals surface area (Å²) in [4.78, 5) is 10.7. The summed E-state index contributed by atoms with van der Waals surface area (Å²) in [6.45, 7) is 4.22. The molecule has 0 radical (unpaired) electrons. The number of aliphatic carboxylic acids is 1. The highest BCUT2D eigenvalue weighted by Crippen LogP contribution is 2.23. The number of carboxylic acids is 1. The monoisotopic (exact) mass is 309 g/mol. The third-order valence-corrected chi connectivity index (χ3v) is 3.82. The fourth-order valence-electron chi connectivity index (χ4n) is 1.91. The summed E-state index contributed by atoms with van der Waals surface area (Å²) < 4.78 is 15.6. The molecule has 2 rings (SSSR count). The summed E-state index contributed by atoms with van der Waals surface area (Å²) in [6.07, 6.45) is 0. The van der Waals surface area contributed by atoms with Crippen LogP contribution >= 0.6 is 11.8 Å². The predicted octanol–water partition coefficient (Wildman–Crippen LogP) is 2.77. The average Bonchev–Trinajstić information content (AvgIpc) is 2.82. The summed E-state index contributed by atoms with van der Waals surface area (Å²) in [5.74, 6) is -0.496. The highest BCUT2D eigenvalue weighted by molar-refractivity contribution is 7.99. The predicted molar refractivity (Wildman–Crippen MR) is 78.0 cm³/mol. The molecule has 7 heteroatoms. The quantitative estimate of drug-likeness (QED) is 0.831. The molecule has 112 valence electrons. The highest BCUT2D eigenvalue weighted by atomic mass is 32.2. The van der Waals surface area contributed by atoms with E-state index >= 15 is 0 Å². The van der Waals surface area contributed by atoms with E-state index in [4.69, 9.17) is 5.11 Å². The van der Waals surface area contributed by atoms with Crippen molar-refractivity contribution < 1.29 is 14.3 Å². The van der Waals surface area contributed by atoms with Crippen LogP contribution in [0.5, 0.6) is 0 Å². The van der Waals surface area contributed by atoms with Crippen molar-refractivity contribution >= 4 is 17.7 Å². The van der Waals surface area contributed by atoms with E-state index in [1.165, 1.54) is 6.07 Å². The minimum atomic E-state index is -0.925. The van der Waals surface area contributed by atoms with E-state index in [0.717, 1.165) is 11.8 Å². The average molecular weight is 309 g/mol. The molecule has 0 amide bonds. The molecule has 1 aromatic heterocycles. The zero-order chi connectivity index (χ0) is 15.4. The van der Waals surface area contributed by atoms with Crippen LogP contribution in [0.25, 0.3) is 0 Å². The number of hydrogen-bond acceptors (Lipinski definition) is 4. The Bertz CT molecular complexity index is 643. The molecule has 0 saturated carbocycles. The van der Waals surface area contributed by atoms with Gasteiger partial charge in [0.2, 0.25) is 0 Å². The smallest absolute Gasteiger partial charge is 0.313 e. The molecular weight excluding hydrogens is 293 g/mol. The van der Waals surface area contributed by atoms with Gasteiger partial charge in [0, 0.05) is 11.5 Å². The van der Waals surface area contributed by atoms with E-state index in [1.54, 1.807) is 22.8 Å². The van der Waals surface area contributed by atoms with Crippen LogP contribution in [0.1, 0.15) is 31.2 Å². The number of hydrogen-bond donors (Lipinski definition) is 1. The molecule has 2 aromatic rings. The van der Waals surface area contributed by atoms with Crippen molar-refractivity contribution in [3.63, 3.8) is 0 Å². The van der Waals surface area contributed by atoms with Gasteiger partial charge in [-0.25, -0.2) is 4.39 Å². The van der Waals surface area contributed by atoms with Crippen LogP contribution < -0.4 is 0 Å². The minimum Gasteiger partial charge on any atom is -0.481 e. The van der Waals surface area contributed by atoms with E-state index in [0.29, 0.717) is 16.5 Å². The Labute approximate surface area is 126 Å². The Kier molecular flexibility index (Phi) is 4.95. The lowest BCUT2D eigenvalue weighted by molar-refractivity contribution is -0.133. The van der Waals surface area contributed by atoms with Gasteiger partial charge in [0.1, 0.15) is 11.6 Å². The zero-order valence-corrected chi connectivity index (χ0v) is 12.6. The number of carboxylic acid groups (broad SMARTS) is 1. The van der Waals surface area contributed by atoms with Crippen LogP contribution in [0.4, 0.5) is 4.39 Å². The molecule has 1 heterocycles. The van der Waals surface area contributed by atoms with Crippen LogP contribution in [0, 0.1) is 5.82 Å². The lowest BCUT2D eigenvalue weighted by atomic mass is 10.2. The number of thioether (sulfide) groups is 1. The molecule has 0 saturated heterocycles. The largest absolute Gasteiger partial charge is 0.481 e. The minimum absolute atomic E-state index is 0.104. The molecule has 0 spiro atoms. The topological polar surface area (TPSA) is 68.0 Å². The van der Waals surface area contributed by atoms with Gasteiger partial charge in [-0.05, 0) is 6.07 Å². The van der Waals surface area contributed by atoms with Crippen LogP contribution in [0.2, 0.25) is 0 Å². The summed E-state index contributed by atoms with van der Waals surface area (Å²) in [5, 5.41) is 17.4. The van der Waals surface area contributed by atoms with E-state index in [-0.39, 0.29) is 24.0 Å². The maximum Gasteiger partial charge on any atom is 0.313 e. The fraction of sp³-hybridized carbons (Fsp3) is 0.357. The molecule has 0 bridgehead atoms. The van der Waals surface area contributed by atoms with Gasteiger partial charge in [-0.15, -0.1) is 10.2 Å². The molecule has 0 aliphatic heterocycles. The van der Waals surface area contributed by atoms with Crippen LogP contribution in [0.3, 0.4) is 0 Å². The summed E-state index contributed by atoms with van der Waals surface area (Å²) in [6, 6.07) is 6.50. The SMILES string of the molecule is CC(C)c1nnc(SCC(=O)O)n1Cc1ccccc1F. The molecule has 21 heavy (non-hydrogen) atoms. The molecule has 0 unspecified atom stereocenters. The standard InChI is InChI=1S/C14H16FN3O2S/c1-9(2)13-16-17-14(21-8-12(19)20)18(13)7-10-5-3-4-6-11(10)15/h3-6,9H,7-8H2,1-2H3,(H,19,20). The first-order valence-electron chi connectivity index (χ1n) is 6.50. The molecule has 5 nitrogen and oxygen atoms in total. The Morgan fingerprint density at radius 3 is 2.71 bits per heavy atom. The number of halogens is 1. The number of rotatable bonds is 6. The lowest BCUT2D eigenvalue weighted by Crippen LogP contribution is -2.10. The Morgan fingerprint density at radius 2 is 2.10 bits per heavy atom. The summed E-state index contributed by atoms with van der Waals surface area (Å²) in [5.41, 5.74) is 0.524. The molecule has 0 aliphatic rings. The number of aromatic nitrogens is 3. The van der Waals surface area contributed by atoms with Crippen LogP contribution in [0.15, 0.2) is 29.4 Å². The van der Waals surface area contributed by atoms with Crippen molar-refractivity contribution in [2.24, 2.45) is 0 Å².